The molecule has 118 valence electrons. The first-order chi connectivity index (χ1) is 9.69. The highest BCUT2D eigenvalue weighted by atomic mass is 14.9. The molecule has 0 bridgehead atoms. The van der Waals surface area contributed by atoms with Gasteiger partial charge in [-0.15, -0.1) is 0 Å². The van der Waals surface area contributed by atoms with Crippen molar-refractivity contribution in [3.05, 3.63) is 0 Å². The lowest BCUT2D eigenvalue weighted by atomic mass is 9.63. The van der Waals surface area contributed by atoms with Crippen molar-refractivity contribution in [1.29, 1.82) is 0 Å². The molecule has 2 aliphatic carbocycles. The molecular formula is C19H37N. The molecule has 1 N–H and O–H groups in total. The largest absolute Gasteiger partial charge is 0.313 e. The third kappa shape index (κ3) is 4.00. The van der Waals surface area contributed by atoms with E-state index in [-0.39, 0.29) is 0 Å². The predicted octanol–water partition coefficient (Wildman–Crippen LogP) is 5.54. The van der Waals surface area contributed by atoms with Crippen LogP contribution in [0.4, 0.5) is 0 Å². The molecule has 0 aromatic carbocycles. The van der Waals surface area contributed by atoms with Crippen LogP contribution in [-0.4, -0.2) is 12.6 Å². The maximum absolute atomic E-state index is 3.98. The summed E-state index contributed by atoms with van der Waals surface area (Å²) in [5.74, 6) is 1.98. The Hall–Kier alpha value is -0.0400. The van der Waals surface area contributed by atoms with Crippen LogP contribution >= 0.6 is 0 Å². The minimum Gasteiger partial charge on any atom is -0.313 e. The van der Waals surface area contributed by atoms with E-state index in [4.69, 9.17) is 0 Å². The lowest BCUT2D eigenvalue weighted by molar-refractivity contribution is 0.0766. The maximum atomic E-state index is 3.98. The fourth-order valence-corrected chi connectivity index (χ4v) is 4.88. The highest BCUT2D eigenvalue weighted by molar-refractivity contribution is 4.95. The van der Waals surface area contributed by atoms with Crippen LogP contribution in [0.3, 0.4) is 0 Å². The molecular weight excluding hydrogens is 242 g/mol. The summed E-state index contributed by atoms with van der Waals surface area (Å²) < 4.78 is 0. The van der Waals surface area contributed by atoms with Crippen LogP contribution in [0.5, 0.6) is 0 Å². The molecule has 1 unspecified atom stereocenters. The van der Waals surface area contributed by atoms with Gasteiger partial charge in [0, 0.05) is 6.04 Å². The van der Waals surface area contributed by atoms with E-state index >= 15 is 0 Å². The molecule has 1 nitrogen and oxygen atoms in total. The van der Waals surface area contributed by atoms with Crippen LogP contribution in [0.1, 0.15) is 91.4 Å². The topological polar surface area (TPSA) is 12.0 Å². The van der Waals surface area contributed by atoms with Crippen molar-refractivity contribution in [3.8, 4) is 0 Å². The van der Waals surface area contributed by atoms with E-state index in [1.807, 2.05) is 0 Å². The summed E-state index contributed by atoms with van der Waals surface area (Å²) in [7, 11) is 0. The average Bonchev–Trinajstić information content (AvgIpc) is 2.49. The molecule has 0 saturated heterocycles. The lowest BCUT2D eigenvalue weighted by Gasteiger charge is -2.47. The number of nitrogens with one attached hydrogen (secondary N) is 1. The molecule has 0 aromatic heterocycles. The normalized spacial score (nSPS) is 31.9. The first-order valence-electron chi connectivity index (χ1n) is 9.43. The summed E-state index contributed by atoms with van der Waals surface area (Å²) in [4.78, 5) is 0. The monoisotopic (exact) mass is 279 g/mol. The molecule has 1 heteroatoms. The summed E-state index contributed by atoms with van der Waals surface area (Å²) >= 11 is 0. The van der Waals surface area contributed by atoms with Gasteiger partial charge < -0.3 is 5.32 Å². The van der Waals surface area contributed by atoms with Crippen LogP contribution in [0.2, 0.25) is 0 Å². The number of rotatable bonds is 6. The van der Waals surface area contributed by atoms with Gasteiger partial charge in [0.25, 0.3) is 0 Å². The summed E-state index contributed by atoms with van der Waals surface area (Å²) in [6, 6.07) is 0.792. The molecule has 1 atom stereocenters. The van der Waals surface area contributed by atoms with Crippen molar-refractivity contribution < 1.29 is 0 Å². The van der Waals surface area contributed by atoms with E-state index in [0.717, 1.165) is 17.9 Å². The van der Waals surface area contributed by atoms with Gasteiger partial charge in [-0.05, 0) is 55.9 Å². The van der Waals surface area contributed by atoms with Gasteiger partial charge in [0.2, 0.25) is 0 Å². The summed E-state index contributed by atoms with van der Waals surface area (Å²) in [6.45, 7) is 8.49. The quantitative estimate of drug-likeness (QED) is 0.673. The van der Waals surface area contributed by atoms with Crippen molar-refractivity contribution in [2.75, 3.05) is 6.54 Å². The van der Waals surface area contributed by atoms with Crippen molar-refractivity contribution in [2.24, 2.45) is 17.3 Å². The maximum Gasteiger partial charge on any atom is 0.0149 e. The second kappa shape index (κ2) is 7.82. The molecule has 0 amide bonds. The van der Waals surface area contributed by atoms with E-state index in [1.54, 1.807) is 0 Å². The summed E-state index contributed by atoms with van der Waals surface area (Å²) in [5.41, 5.74) is 0.580. The Kier molecular flexibility index (Phi) is 6.39. The Morgan fingerprint density at radius 1 is 1.00 bits per heavy atom. The van der Waals surface area contributed by atoms with E-state index in [2.05, 4.69) is 26.1 Å². The Morgan fingerprint density at radius 3 is 2.20 bits per heavy atom. The molecule has 0 spiro atoms. The first-order valence-corrected chi connectivity index (χ1v) is 9.43. The number of hydrogen-bond donors (Lipinski definition) is 1. The number of hydrogen-bond acceptors (Lipinski definition) is 1. The first kappa shape index (κ1) is 16.3. The Morgan fingerprint density at radius 2 is 1.65 bits per heavy atom. The zero-order valence-electron chi connectivity index (χ0n) is 14.2. The Balaban J connectivity index is 1.99. The third-order valence-corrected chi connectivity index (χ3v) is 6.30. The van der Waals surface area contributed by atoms with E-state index in [0.29, 0.717) is 5.41 Å². The van der Waals surface area contributed by atoms with Gasteiger partial charge in [-0.1, -0.05) is 59.3 Å². The van der Waals surface area contributed by atoms with Gasteiger partial charge in [0.05, 0.1) is 0 Å². The molecule has 20 heavy (non-hydrogen) atoms. The fourth-order valence-electron chi connectivity index (χ4n) is 4.88. The molecule has 2 aliphatic rings. The smallest absolute Gasteiger partial charge is 0.0149 e. The van der Waals surface area contributed by atoms with Crippen LogP contribution in [0.15, 0.2) is 0 Å². The fraction of sp³-hybridized carbons (Fsp3) is 1.00. The molecule has 0 radical (unpaired) electrons. The van der Waals surface area contributed by atoms with Crippen LogP contribution < -0.4 is 5.32 Å². The van der Waals surface area contributed by atoms with E-state index in [9.17, 15) is 0 Å². The highest BCUT2D eigenvalue weighted by Gasteiger charge is 2.40. The van der Waals surface area contributed by atoms with E-state index in [1.165, 1.54) is 77.2 Å². The second-order valence-corrected chi connectivity index (χ2v) is 7.84. The van der Waals surface area contributed by atoms with Crippen molar-refractivity contribution in [3.63, 3.8) is 0 Å². The Bertz CT molecular complexity index is 259. The Labute approximate surface area is 127 Å². The molecule has 2 rings (SSSR count). The standard InChI is InChI=1S/C19H37N/c1-4-15-20-18(19(3)13-7-6-8-14-19)17-11-9-16(5-2)10-12-17/h16-18,20H,4-15H2,1-3H3. The highest BCUT2D eigenvalue weighted by Crippen LogP contribution is 2.45. The minimum atomic E-state index is 0.580. The minimum absolute atomic E-state index is 0.580. The van der Waals surface area contributed by atoms with Gasteiger partial charge in [-0.3, -0.25) is 0 Å². The van der Waals surface area contributed by atoms with Crippen LogP contribution in [0, 0.1) is 17.3 Å². The summed E-state index contributed by atoms with van der Waals surface area (Å²) in [6.07, 6.45) is 15.9. The molecule has 0 aromatic rings. The molecule has 2 saturated carbocycles. The summed E-state index contributed by atoms with van der Waals surface area (Å²) in [5, 5.41) is 3.98. The molecule has 0 aliphatic heterocycles. The second-order valence-electron chi connectivity index (χ2n) is 7.84. The van der Waals surface area contributed by atoms with Gasteiger partial charge >= 0.3 is 0 Å². The predicted molar refractivity (Wildman–Crippen MR) is 89.0 cm³/mol. The van der Waals surface area contributed by atoms with E-state index < -0.39 is 0 Å². The van der Waals surface area contributed by atoms with Gasteiger partial charge in [0.15, 0.2) is 0 Å². The van der Waals surface area contributed by atoms with Crippen LogP contribution in [-0.2, 0) is 0 Å². The zero-order chi connectivity index (χ0) is 14.4. The van der Waals surface area contributed by atoms with Crippen LogP contribution in [0.25, 0.3) is 0 Å². The van der Waals surface area contributed by atoms with Gasteiger partial charge in [-0.25, -0.2) is 0 Å². The molecule has 0 heterocycles. The lowest BCUT2D eigenvalue weighted by Crippen LogP contribution is -2.50. The van der Waals surface area contributed by atoms with Crippen molar-refractivity contribution in [1.82, 2.24) is 5.32 Å². The van der Waals surface area contributed by atoms with Gasteiger partial charge in [0.1, 0.15) is 0 Å². The molecule has 2 fully saturated rings. The van der Waals surface area contributed by atoms with Crippen molar-refractivity contribution in [2.45, 2.75) is 97.4 Å². The SMILES string of the molecule is CCCNC(C1CCC(CC)CC1)C1(C)CCCCC1. The van der Waals surface area contributed by atoms with Crippen molar-refractivity contribution >= 4 is 0 Å². The van der Waals surface area contributed by atoms with Gasteiger partial charge in [-0.2, -0.15) is 0 Å². The average molecular weight is 280 g/mol. The zero-order valence-corrected chi connectivity index (χ0v) is 14.2. The third-order valence-electron chi connectivity index (χ3n) is 6.30.